The van der Waals surface area contributed by atoms with E-state index in [-0.39, 0.29) is 23.2 Å². The summed E-state index contributed by atoms with van der Waals surface area (Å²) in [5.41, 5.74) is 0.540. The molecule has 0 saturated carbocycles. The van der Waals surface area contributed by atoms with Crippen LogP contribution in [0.5, 0.6) is 0 Å². The van der Waals surface area contributed by atoms with Crippen LogP contribution in [0.15, 0.2) is 53.3 Å². The van der Waals surface area contributed by atoms with Crippen LogP contribution in [0, 0.1) is 0 Å². The summed E-state index contributed by atoms with van der Waals surface area (Å²) < 4.78 is 0. The smallest absolute Gasteiger partial charge is 0.321 e. The Morgan fingerprint density at radius 3 is 2.37 bits per heavy atom. The van der Waals surface area contributed by atoms with Gasteiger partial charge in [-0.3, -0.25) is 9.59 Å². The molecule has 2 aromatic carbocycles. The standard InChI is InChI=1S/C21H20ClN5O3/c22-14-6-8-15(9-7-14)23-21(30)27-11-3-10-26(12-13-27)20(29)18-16-4-1-2-5-17(16)19(28)25-24-18/h1-2,4-9H,3,10-13H2,(H,23,30)(H,25,28). The van der Waals surface area contributed by atoms with E-state index in [4.69, 9.17) is 11.6 Å². The fourth-order valence-corrected chi connectivity index (χ4v) is 3.61. The molecule has 9 heteroatoms. The molecular formula is C21H20ClN5O3. The van der Waals surface area contributed by atoms with Gasteiger partial charge >= 0.3 is 6.03 Å². The first-order chi connectivity index (χ1) is 14.5. The summed E-state index contributed by atoms with van der Waals surface area (Å²) in [5, 5.41) is 10.8. The normalized spacial score (nSPS) is 14.4. The number of nitrogens with one attached hydrogen (secondary N) is 2. The van der Waals surface area contributed by atoms with Gasteiger partial charge < -0.3 is 15.1 Å². The van der Waals surface area contributed by atoms with Gasteiger partial charge in [-0.1, -0.05) is 29.8 Å². The molecule has 154 valence electrons. The van der Waals surface area contributed by atoms with Crippen molar-refractivity contribution in [1.29, 1.82) is 0 Å². The van der Waals surface area contributed by atoms with Crippen LogP contribution in [0.1, 0.15) is 16.9 Å². The number of carbonyl (C=O) groups excluding carboxylic acids is 2. The van der Waals surface area contributed by atoms with Crippen LogP contribution in [0.3, 0.4) is 0 Å². The van der Waals surface area contributed by atoms with Crippen molar-refractivity contribution in [3.05, 3.63) is 69.6 Å². The van der Waals surface area contributed by atoms with Gasteiger partial charge in [-0.2, -0.15) is 5.10 Å². The minimum absolute atomic E-state index is 0.212. The van der Waals surface area contributed by atoms with Gasteiger partial charge in [0.2, 0.25) is 0 Å². The third-order valence-corrected chi connectivity index (χ3v) is 5.32. The molecule has 2 N–H and O–H groups in total. The van der Waals surface area contributed by atoms with Crippen LogP contribution in [0.2, 0.25) is 5.02 Å². The van der Waals surface area contributed by atoms with Crippen molar-refractivity contribution < 1.29 is 9.59 Å². The molecule has 30 heavy (non-hydrogen) atoms. The van der Waals surface area contributed by atoms with Crippen molar-refractivity contribution in [2.75, 3.05) is 31.5 Å². The van der Waals surface area contributed by atoms with E-state index in [0.717, 1.165) is 0 Å². The molecule has 3 amide bonds. The number of benzene rings is 2. The Balaban J connectivity index is 1.46. The number of aromatic nitrogens is 2. The Morgan fingerprint density at radius 1 is 0.933 bits per heavy atom. The van der Waals surface area contributed by atoms with Crippen LogP contribution < -0.4 is 10.9 Å². The average Bonchev–Trinajstić information content (AvgIpc) is 3.02. The maximum absolute atomic E-state index is 13.1. The number of rotatable bonds is 2. The first-order valence-corrected chi connectivity index (χ1v) is 9.99. The molecule has 4 rings (SSSR count). The summed E-state index contributed by atoms with van der Waals surface area (Å²) in [6, 6.07) is 13.6. The number of amides is 3. The Hall–Kier alpha value is -3.39. The molecular weight excluding hydrogens is 406 g/mol. The van der Waals surface area contributed by atoms with E-state index in [2.05, 4.69) is 15.5 Å². The van der Waals surface area contributed by atoms with Crippen LogP contribution in [-0.4, -0.2) is 58.1 Å². The molecule has 2 heterocycles. The van der Waals surface area contributed by atoms with Crippen molar-refractivity contribution in [3.63, 3.8) is 0 Å². The maximum Gasteiger partial charge on any atom is 0.321 e. The number of hydrogen-bond donors (Lipinski definition) is 2. The van der Waals surface area contributed by atoms with Gasteiger partial charge in [0, 0.05) is 42.3 Å². The second-order valence-corrected chi connectivity index (χ2v) is 7.45. The molecule has 1 aliphatic heterocycles. The summed E-state index contributed by atoms with van der Waals surface area (Å²) in [6.07, 6.45) is 0.640. The van der Waals surface area contributed by atoms with Gasteiger partial charge in [-0.25, -0.2) is 9.89 Å². The van der Waals surface area contributed by atoms with E-state index < -0.39 is 0 Å². The van der Waals surface area contributed by atoms with Gasteiger partial charge in [0.1, 0.15) is 0 Å². The predicted octanol–water partition coefficient (Wildman–Crippen LogP) is 2.96. The Labute approximate surface area is 177 Å². The van der Waals surface area contributed by atoms with Crippen molar-refractivity contribution in [1.82, 2.24) is 20.0 Å². The molecule has 0 atom stereocenters. The van der Waals surface area contributed by atoms with E-state index in [9.17, 15) is 14.4 Å². The van der Waals surface area contributed by atoms with E-state index in [1.165, 1.54) is 0 Å². The van der Waals surface area contributed by atoms with Crippen LogP contribution in [0.25, 0.3) is 10.8 Å². The summed E-state index contributed by atoms with van der Waals surface area (Å²) >= 11 is 5.87. The molecule has 1 saturated heterocycles. The van der Waals surface area contributed by atoms with Crippen LogP contribution in [-0.2, 0) is 0 Å². The lowest BCUT2D eigenvalue weighted by atomic mass is 10.1. The van der Waals surface area contributed by atoms with Gasteiger partial charge in [-0.15, -0.1) is 0 Å². The van der Waals surface area contributed by atoms with Gasteiger partial charge in [0.05, 0.1) is 5.39 Å². The minimum atomic E-state index is -0.330. The molecule has 3 aromatic rings. The molecule has 1 aromatic heterocycles. The molecule has 0 spiro atoms. The number of halogens is 1. The average molecular weight is 426 g/mol. The number of carbonyl (C=O) groups is 2. The predicted molar refractivity (Wildman–Crippen MR) is 115 cm³/mol. The van der Waals surface area contributed by atoms with Gasteiger partial charge in [-0.05, 0) is 36.8 Å². The second kappa shape index (κ2) is 8.54. The van der Waals surface area contributed by atoms with E-state index in [0.29, 0.717) is 54.1 Å². The highest BCUT2D eigenvalue weighted by molar-refractivity contribution is 6.30. The zero-order valence-corrected chi connectivity index (χ0v) is 16.9. The van der Waals surface area contributed by atoms with E-state index in [1.807, 2.05) is 0 Å². The second-order valence-electron chi connectivity index (χ2n) is 7.02. The number of anilines is 1. The van der Waals surface area contributed by atoms with Crippen molar-refractivity contribution in [2.24, 2.45) is 0 Å². The maximum atomic E-state index is 13.1. The summed E-state index contributed by atoms with van der Waals surface area (Å²) in [4.78, 5) is 41.0. The quantitative estimate of drug-likeness (QED) is 0.659. The number of nitrogens with zero attached hydrogens (tertiary/aromatic N) is 3. The lowest BCUT2D eigenvalue weighted by molar-refractivity contribution is 0.0758. The number of aromatic amines is 1. The number of H-pyrrole nitrogens is 1. The third-order valence-electron chi connectivity index (χ3n) is 5.06. The molecule has 1 aliphatic rings. The SMILES string of the molecule is O=C(Nc1ccc(Cl)cc1)N1CCCN(C(=O)c2n[nH]c(=O)c3ccccc23)CC1. The summed E-state index contributed by atoms with van der Waals surface area (Å²) in [7, 11) is 0. The molecule has 0 bridgehead atoms. The molecule has 0 radical (unpaired) electrons. The highest BCUT2D eigenvalue weighted by Gasteiger charge is 2.25. The Bertz CT molecular complexity index is 1150. The largest absolute Gasteiger partial charge is 0.335 e. The van der Waals surface area contributed by atoms with Crippen LogP contribution in [0.4, 0.5) is 10.5 Å². The number of fused-ring (bicyclic) bond motifs is 1. The minimum Gasteiger partial charge on any atom is -0.335 e. The summed E-state index contributed by atoms with van der Waals surface area (Å²) in [6.45, 7) is 1.80. The Kier molecular flexibility index (Phi) is 5.67. The van der Waals surface area contributed by atoms with Crippen molar-refractivity contribution in [3.8, 4) is 0 Å². The fraction of sp³-hybridized carbons (Fsp3) is 0.238. The Morgan fingerprint density at radius 2 is 1.60 bits per heavy atom. The lowest BCUT2D eigenvalue weighted by Gasteiger charge is -2.22. The van der Waals surface area contributed by atoms with Crippen molar-refractivity contribution in [2.45, 2.75) is 6.42 Å². The first kappa shape index (κ1) is 19.9. The highest BCUT2D eigenvalue weighted by atomic mass is 35.5. The molecule has 0 aliphatic carbocycles. The van der Waals surface area contributed by atoms with E-state index in [1.54, 1.807) is 58.3 Å². The first-order valence-electron chi connectivity index (χ1n) is 9.61. The third kappa shape index (κ3) is 4.13. The van der Waals surface area contributed by atoms with Gasteiger partial charge in [0.15, 0.2) is 5.69 Å². The number of urea groups is 1. The molecule has 0 unspecified atom stereocenters. The van der Waals surface area contributed by atoms with Crippen molar-refractivity contribution >= 4 is 40.0 Å². The van der Waals surface area contributed by atoms with Crippen LogP contribution >= 0.6 is 11.6 Å². The topological polar surface area (TPSA) is 98.4 Å². The lowest BCUT2D eigenvalue weighted by Crippen LogP contribution is -2.39. The zero-order chi connectivity index (χ0) is 21.1. The number of hydrogen-bond acceptors (Lipinski definition) is 4. The van der Waals surface area contributed by atoms with Gasteiger partial charge in [0.25, 0.3) is 11.5 Å². The zero-order valence-electron chi connectivity index (χ0n) is 16.1. The monoisotopic (exact) mass is 425 g/mol. The van der Waals surface area contributed by atoms with E-state index >= 15 is 0 Å². The molecule has 1 fully saturated rings. The fourth-order valence-electron chi connectivity index (χ4n) is 3.49. The summed E-state index contributed by atoms with van der Waals surface area (Å²) in [5.74, 6) is -0.262. The highest BCUT2D eigenvalue weighted by Crippen LogP contribution is 2.17. The molecule has 8 nitrogen and oxygen atoms in total.